The Balaban J connectivity index is 2.34. The molecule has 0 bridgehead atoms. The molecular formula is C29H41N9O10. The summed E-state index contributed by atoms with van der Waals surface area (Å²) >= 11 is 0. The number of amides is 9. The lowest BCUT2D eigenvalue weighted by Gasteiger charge is -2.25. The molecule has 48 heavy (non-hydrogen) atoms. The van der Waals surface area contributed by atoms with Crippen molar-refractivity contribution in [3.8, 4) is 0 Å². The van der Waals surface area contributed by atoms with Crippen LogP contribution in [-0.2, 0) is 54.3 Å². The van der Waals surface area contributed by atoms with E-state index in [1.165, 1.54) is 6.92 Å². The molecule has 1 saturated heterocycles. The Morgan fingerprint density at radius 3 is 2.04 bits per heavy atom. The molecule has 1 fully saturated rings. The van der Waals surface area contributed by atoms with E-state index < -0.39 is 97.2 Å². The Morgan fingerprint density at radius 2 is 1.40 bits per heavy atom. The van der Waals surface area contributed by atoms with Gasteiger partial charge in [-0.1, -0.05) is 30.3 Å². The topological polar surface area (TPSA) is 285 Å². The molecule has 0 spiro atoms. The Morgan fingerprint density at radius 1 is 0.792 bits per heavy atom. The van der Waals surface area contributed by atoms with E-state index in [1.807, 2.05) is 0 Å². The molecule has 19 nitrogen and oxygen atoms in total. The molecule has 0 radical (unpaired) electrons. The number of rotatable bonds is 7. The summed E-state index contributed by atoms with van der Waals surface area (Å²) in [6.07, 6.45) is -1.40. The van der Waals surface area contributed by atoms with Gasteiger partial charge in [0.05, 0.1) is 45.7 Å². The number of hydrogen-bond donors (Lipinski definition) is 9. The molecule has 1 aliphatic heterocycles. The van der Waals surface area contributed by atoms with Gasteiger partial charge >= 0.3 is 0 Å². The third kappa shape index (κ3) is 15.6. The zero-order valence-electron chi connectivity index (χ0n) is 26.3. The van der Waals surface area contributed by atoms with E-state index >= 15 is 0 Å². The Hall–Kier alpha value is -5.59. The van der Waals surface area contributed by atoms with Crippen LogP contribution in [0.5, 0.6) is 0 Å². The fraction of sp³-hybridized carbons (Fsp3) is 0.483. The SMILES string of the molecule is CC(=O)NCC(=O)N[C@H]1CC(=O)NCCOCCNC(=O)CNC(=O)CNC(=O)[C@@H](Cc2ccccc2)NC(=O)[C@H](CC(N)=O)NC1=O. The van der Waals surface area contributed by atoms with Crippen LogP contribution in [0, 0.1) is 0 Å². The highest BCUT2D eigenvalue weighted by molar-refractivity contribution is 5.98. The number of ether oxygens (including phenoxy) is 1. The monoisotopic (exact) mass is 675 g/mol. The number of primary amides is 1. The van der Waals surface area contributed by atoms with E-state index in [9.17, 15) is 43.2 Å². The zero-order valence-corrected chi connectivity index (χ0v) is 26.3. The van der Waals surface area contributed by atoms with Crippen LogP contribution in [0.15, 0.2) is 30.3 Å². The van der Waals surface area contributed by atoms with Crippen molar-refractivity contribution < 1.29 is 47.9 Å². The molecule has 19 heteroatoms. The molecule has 0 saturated carbocycles. The van der Waals surface area contributed by atoms with Crippen LogP contribution >= 0.6 is 0 Å². The van der Waals surface area contributed by atoms with Gasteiger partial charge in [-0.3, -0.25) is 43.2 Å². The van der Waals surface area contributed by atoms with Crippen LogP contribution in [0.4, 0.5) is 0 Å². The lowest BCUT2D eigenvalue weighted by Crippen LogP contribution is -2.59. The Bertz CT molecular complexity index is 1340. The van der Waals surface area contributed by atoms with Crippen LogP contribution < -0.4 is 48.3 Å². The molecule has 1 aromatic rings. The van der Waals surface area contributed by atoms with E-state index in [2.05, 4.69) is 42.5 Å². The molecular weight excluding hydrogens is 634 g/mol. The van der Waals surface area contributed by atoms with Crippen molar-refractivity contribution in [2.45, 2.75) is 44.3 Å². The summed E-state index contributed by atoms with van der Waals surface area (Å²) in [5, 5.41) is 19.1. The molecule has 3 atom stereocenters. The summed E-state index contributed by atoms with van der Waals surface area (Å²) in [7, 11) is 0. The van der Waals surface area contributed by atoms with E-state index in [0.717, 1.165) is 0 Å². The van der Waals surface area contributed by atoms with Gasteiger partial charge in [0.25, 0.3) is 0 Å². The van der Waals surface area contributed by atoms with Gasteiger partial charge < -0.3 is 53.0 Å². The fourth-order valence-corrected chi connectivity index (χ4v) is 4.15. The zero-order chi connectivity index (χ0) is 35.5. The summed E-state index contributed by atoms with van der Waals surface area (Å²) < 4.78 is 5.33. The lowest BCUT2D eigenvalue weighted by atomic mass is 10.0. The Kier molecular flexibility index (Phi) is 16.5. The van der Waals surface area contributed by atoms with Crippen molar-refractivity contribution >= 4 is 53.2 Å². The maximum absolute atomic E-state index is 13.4. The molecule has 1 aromatic carbocycles. The van der Waals surface area contributed by atoms with Gasteiger partial charge in [0.2, 0.25) is 53.2 Å². The molecule has 0 aromatic heterocycles. The van der Waals surface area contributed by atoms with Gasteiger partial charge in [-0.25, -0.2) is 0 Å². The molecule has 1 heterocycles. The lowest BCUT2D eigenvalue weighted by molar-refractivity contribution is -0.136. The van der Waals surface area contributed by atoms with Gasteiger partial charge in [-0.05, 0) is 5.56 Å². The van der Waals surface area contributed by atoms with E-state index in [1.54, 1.807) is 30.3 Å². The fourth-order valence-electron chi connectivity index (χ4n) is 4.15. The minimum atomic E-state index is -1.66. The quantitative estimate of drug-likeness (QED) is 0.132. The first-order valence-electron chi connectivity index (χ1n) is 15.0. The summed E-state index contributed by atoms with van der Waals surface area (Å²) in [5.41, 5.74) is 5.95. The van der Waals surface area contributed by atoms with E-state index in [4.69, 9.17) is 10.5 Å². The molecule has 1 aliphatic rings. The minimum Gasteiger partial charge on any atom is -0.378 e. The highest BCUT2D eigenvalue weighted by Crippen LogP contribution is 2.06. The van der Waals surface area contributed by atoms with Crippen molar-refractivity contribution in [3.63, 3.8) is 0 Å². The van der Waals surface area contributed by atoms with Crippen LogP contribution in [0.2, 0.25) is 0 Å². The number of carbonyl (C=O) groups excluding carboxylic acids is 9. The van der Waals surface area contributed by atoms with Crippen molar-refractivity contribution in [1.29, 1.82) is 0 Å². The first-order chi connectivity index (χ1) is 22.8. The predicted octanol–water partition coefficient (Wildman–Crippen LogP) is -5.42. The Labute approximate surface area is 275 Å². The second kappa shape index (κ2) is 20.5. The van der Waals surface area contributed by atoms with Crippen LogP contribution in [0.1, 0.15) is 25.3 Å². The minimum absolute atomic E-state index is 0.00640. The van der Waals surface area contributed by atoms with Gasteiger partial charge in [-0.2, -0.15) is 0 Å². The van der Waals surface area contributed by atoms with Crippen molar-refractivity contribution in [3.05, 3.63) is 35.9 Å². The third-order valence-electron chi connectivity index (χ3n) is 6.50. The van der Waals surface area contributed by atoms with Gasteiger partial charge in [-0.15, -0.1) is 0 Å². The first-order valence-corrected chi connectivity index (χ1v) is 15.0. The van der Waals surface area contributed by atoms with Crippen LogP contribution in [0.3, 0.4) is 0 Å². The molecule has 262 valence electrons. The highest BCUT2D eigenvalue weighted by Gasteiger charge is 2.32. The highest BCUT2D eigenvalue weighted by atomic mass is 16.5. The maximum Gasteiger partial charge on any atom is 0.243 e. The van der Waals surface area contributed by atoms with Gasteiger partial charge in [0.1, 0.15) is 18.1 Å². The molecule has 2 rings (SSSR count). The van der Waals surface area contributed by atoms with Crippen molar-refractivity contribution in [2.24, 2.45) is 5.73 Å². The summed E-state index contributed by atoms with van der Waals surface area (Å²) in [6.45, 7) is -0.102. The average molecular weight is 676 g/mol. The number of benzene rings is 1. The molecule has 10 N–H and O–H groups in total. The van der Waals surface area contributed by atoms with Crippen LogP contribution in [-0.4, -0.2) is 117 Å². The summed E-state index contributed by atoms with van der Waals surface area (Å²) in [6, 6.07) is 3.95. The van der Waals surface area contributed by atoms with Crippen molar-refractivity contribution in [2.75, 3.05) is 45.9 Å². The molecule has 9 amide bonds. The standard InChI is InChI=1S/C29H41N9O10/c1-17(39)33-16-26(44)36-21-13-23(41)31-7-9-48-10-8-32-24(42)14-34-25(43)15-35-27(45)19(11-18-5-3-2-4-6-18)37-28(46)20(12-22(30)40)38-29(21)47/h2-6,19-21H,7-16H2,1H3,(H2,30,40)(H,31,41)(H,32,42)(H,33,39)(H,34,43)(H,35,45)(H,36,44)(H,37,46)(H,38,47)/t19-,20+,21+/m1/s1. The van der Waals surface area contributed by atoms with E-state index in [0.29, 0.717) is 5.56 Å². The normalized spacial score (nSPS) is 21.1. The third-order valence-corrected chi connectivity index (χ3v) is 6.50. The van der Waals surface area contributed by atoms with Crippen LogP contribution in [0.25, 0.3) is 0 Å². The van der Waals surface area contributed by atoms with Gasteiger partial charge in [0.15, 0.2) is 0 Å². The van der Waals surface area contributed by atoms with Crippen molar-refractivity contribution in [1.82, 2.24) is 42.5 Å². The number of nitrogens with two attached hydrogens (primary N) is 1. The molecule has 0 aliphatic carbocycles. The van der Waals surface area contributed by atoms with Gasteiger partial charge in [0, 0.05) is 26.4 Å². The number of nitrogens with one attached hydrogen (secondary N) is 8. The maximum atomic E-state index is 13.4. The average Bonchev–Trinajstić information content (AvgIpc) is 3.03. The number of carbonyl (C=O) groups is 9. The predicted molar refractivity (Wildman–Crippen MR) is 166 cm³/mol. The number of hydrogen-bond acceptors (Lipinski definition) is 10. The summed E-state index contributed by atoms with van der Waals surface area (Å²) in [5.74, 6) is -7.14. The summed E-state index contributed by atoms with van der Waals surface area (Å²) in [4.78, 5) is 113. The molecule has 0 unspecified atom stereocenters. The second-order valence-electron chi connectivity index (χ2n) is 10.5. The first kappa shape index (κ1) is 38.6. The largest absolute Gasteiger partial charge is 0.378 e. The second-order valence-corrected chi connectivity index (χ2v) is 10.5. The van der Waals surface area contributed by atoms with E-state index in [-0.39, 0.29) is 39.3 Å². The smallest absolute Gasteiger partial charge is 0.243 e.